The first kappa shape index (κ1) is 15.1. The number of oxime groups is 1. The average molecular weight is 281 g/mol. The second kappa shape index (κ2) is 6.02. The molecule has 0 atom stereocenters. The van der Waals surface area contributed by atoms with Gasteiger partial charge in [0.2, 0.25) is 5.91 Å². The fourth-order valence-corrected chi connectivity index (χ4v) is 3.51. The van der Waals surface area contributed by atoms with E-state index < -0.39 is 5.41 Å². The molecule has 0 aromatic heterocycles. The Morgan fingerprint density at radius 1 is 1.25 bits per heavy atom. The topological polar surface area (TPSA) is 87.7 Å². The molecule has 20 heavy (non-hydrogen) atoms. The zero-order chi connectivity index (χ0) is 14.6. The molecule has 0 radical (unpaired) electrons. The van der Waals surface area contributed by atoms with Gasteiger partial charge in [-0.3, -0.25) is 4.79 Å². The lowest BCUT2D eigenvalue weighted by atomic mass is 9.72. The maximum atomic E-state index is 12.6. The van der Waals surface area contributed by atoms with Crippen LogP contribution in [-0.4, -0.2) is 23.5 Å². The number of nitrogens with one attached hydrogen (secondary N) is 1. The summed E-state index contributed by atoms with van der Waals surface area (Å²) >= 11 is 0. The van der Waals surface area contributed by atoms with E-state index in [-0.39, 0.29) is 11.7 Å². The Morgan fingerprint density at radius 2 is 1.90 bits per heavy atom. The van der Waals surface area contributed by atoms with Gasteiger partial charge in [-0.1, -0.05) is 37.8 Å². The Bertz CT molecular complexity index is 383. The molecule has 0 bridgehead atoms. The van der Waals surface area contributed by atoms with Gasteiger partial charge in [0.1, 0.15) is 5.41 Å². The van der Waals surface area contributed by atoms with Crippen molar-refractivity contribution in [2.24, 2.45) is 21.7 Å². The van der Waals surface area contributed by atoms with E-state index >= 15 is 0 Å². The van der Waals surface area contributed by atoms with Gasteiger partial charge in [-0.15, -0.1) is 0 Å². The number of hydrogen-bond donors (Lipinski definition) is 3. The first-order valence-corrected chi connectivity index (χ1v) is 7.85. The monoisotopic (exact) mass is 281 g/mol. The van der Waals surface area contributed by atoms with Crippen molar-refractivity contribution in [3.05, 3.63) is 0 Å². The van der Waals surface area contributed by atoms with Crippen LogP contribution in [-0.2, 0) is 4.79 Å². The first-order chi connectivity index (χ1) is 9.58. The van der Waals surface area contributed by atoms with E-state index in [9.17, 15) is 4.79 Å². The van der Waals surface area contributed by atoms with Crippen LogP contribution in [0.5, 0.6) is 0 Å². The Balaban J connectivity index is 2.00. The summed E-state index contributed by atoms with van der Waals surface area (Å²) in [6.45, 7) is 2.92. The summed E-state index contributed by atoms with van der Waals surface area (Å²) < 4.78 is 0. The lowest BCUT2D eigenvalue weighted by Gasteiger charge is -2.35. The molecule has 0 aromatic rings. The SMILES string of the molecule is CCCC1(CNC(=O)C2(C(N)=NO)CCCCC2)CC1. The van der Waals surface area contributed by atoms with Crippen molar-refractivity contribution < 1.29 is 10.0 Å². The minimum absolute atomic E-state index is 0.0464. The van der Waals surface area contributed by atoms with Crippen molar-refractivity contribution in [2.45, 2.75) is 64.7 Å². The molecule has 0 aromatic carbocycles. The molecule has 2 rings (SSSR count). The van der Waals surface area contributed by atoms with Crippen LogP contribution in [0.25, 0.3) is 0 Å². The second-order valence-electron chi connectivity index (χ2n) is 6.56. The van der Waals surface area contributed by atoms with Crippen molar-refractivity contribution >= 4 is 11.7 Å². The zero-order valence-electron chi connectivity index (χ0n) is 12.5. The number of carbonyl (C=O) groups is 1. The van der Waals surface area contributed by atoms with Crippen molar-refractivity contribution in [3.8, 4) is 0 Å². The van der Waals surface area contributed by atoms with E-state index in [4.69, 9.17) is 10.9 Å². The fraction of sp³-hybridized carbons (Fsp3) is 0.867. The van der Waals surface area contributed by atoms with E-state index in [0.29, 0.717) is 18.3 Å². The van der Waals surface area contributed by atoms with Gasteiger partial charge in [-0.05, 0) is 37.5 Å². The normalized spacial score (nSPS) is 24.1. The Morgan fingerprint density at radius 3 is 2.40 bits per heavy atom. The summed E-state index contributed by atoms with van der Waals surface area (Å²) in [7, 11) is 0. The van der Waals surface area contributed by atoms with Crippen molar-refractivity contribution in [1.29, 1.82) is 0 Å². The third-order valence-corrected chi connectivity index (χ3v) is 5.10. The molecule has 2 aliphatic rings. The smallest absolute Gasteiger partial charge is 0.233 e. The largest absolute Gasteiger partial charge is 0.409 e. The Kier molecular flexibility index (Phi) is 4.55. The molecule has 0 aliphatic heterocycles. The lowest BCUT2D eigenvalue weighted by molar-refractivity contribution is -0.129. The van der Waals surface area contributed by atoms with Gasteiger partial charge in [0.15, 0.2) is 5.84 Å². The molecule has 5 heteroatoms. The molecule has 0 saturated heterocycles. The molecule has 114 valence electrons. The number of hydrogen-bond acceptors (Lipinski definition) is 3. The van der Waals surface area contributed by atoms with E-state index in [2.05, 4.69) is 17.4 Å². The van der Waals surface area contributed by atoms with E-state index in [0.717, 1.165) is 32.2 Å². The summed E-state index contributed by atoms with van der Waals surface area (Å²) in [6, 6.07) is 0. The predicted molar refractivity (Wildman–Crippen MR) is 78.5 cm³/mol. The standard InChI is InChI=1S/C15H27N3O2/c1-2-6-14(9-10-14)11-17-13(19)15(12(16)18-20)7-4-3-5-8-15/h20H,2-11H2,1H3,(H2,16,18)(H,17,19). The molecule has 0 unspecified atom stereocenters. The number of carbonyl (C=O) groups excluding carboxylic acids is 1. The number of nitrogens with two attached hydrogens (primary N) is 1. The van der Waals surface area contributed by atoms with Gasteiger partial charge in [0, 0.05) is 6.54 Å². The first-order valence-electron chi connectivity index (χ1n) is 7.85. The summed E-state index contributed by atoms with van der Waals surface area (Å²) in [5, 5.41) is 15.2. The van der Waals surface area contributed by atoms with Crippen LogP contribution < -0.4 is 11.1 Å². The minimum Gasteiger partial charge on any atom is -0.409 e. The molecule has 0 spiro atoms. The number of rotatable bonds is 6. The third-order valence-electron chi connectivity index (χ3n) is 5.10. The number of amides is 1. The Hall–Kier alpha value is -1.26. The highest BCUT2D eigenvalue weighted by Crippen LogP contribution is 2.49. The third kappa shape index (κ3) is 2.91. The highest BCUT2D eigenvalue weighted by molar-refractivity contribution is 6.06. The Labute approximate surface area is 121 Å². The maximum absolute atomic E-state index is 12.6. The summed E-state index contributed by atoms with van der Waals surface area (Å²) in [5.74, 6) is 0.0323. The van der Waals surface area contributed by atoms with E-state index in [1.807, 2.05) is 0 Å². The van der Waals surface area contributed by atoms with Crippen molar-refractivity contribution in [3.63, 3.8) is 0 Å². The summed E-state index contributed by atoms with van der Waals surface area (Å²) in [6.07, 6.45) is 9.16. The molecule has 4 N–H and O–H groups in total. The molecular formula is C15H27N3O2. The zero-order valence-corrected chi connectivity index (χ0v) is 12.5. The number of amidine groups is 1. The van der Waals surface area contributed by atoms with E-state index in [1.165, 1.54) is 19.3 Å². The van der Waals surface area contributed by atoms with Gasteiger partial charge in [0.25, 0.3) is 0 Å². The second-order valence-corrected chi connectivity index (χ2v) is 6.56. The predicted octanol–water partition coefficient (Wildman–Crippen LogP) is 2.38. The van der Waals surface area contributed by atoms with Crippen LogP contribution >= 0.6 is 0 Å². The van der Waals surface area contributed by atoms with Gasteiger partial charge in [0.05, 0.1) is 0 Å². The van der Waals surface area contributed by atoms with Crippen molar-refractivity contribution in [1.82, 2.24) is 5.32 Å². The van der Waals surface area contributed by atoms with Crippen LogP contribution in [0.3, 0.4) is 0 Å². The van der Waals surface area contributed by atoms with Crippen LogP contribution in [0.1, 0.15) is 64.7 Å². The summed E-state index contributed by atoms with van der Waals surface area (Å²) in [4.78, 5) is 12.6. The highest BCUT2D eigenvalue weighted by atomic mass is 16.4. The minimum atomic E-state index is -0.782. The van der Waals surface area contributed by atoms with Crippen LogP contribution in [0.4, 0.5) is 0 Å². The molecule has 2 aliphatic carbocycles. The van der Waals surface area contributed by atoms with E-state index in [1.54, 1.807) is 0 Å². The molecule has 2 fully saturated rings. The molecule has 2 saturated carbocycles. The van der Waals surface area contributed by atoms with Gasteiger partial charge in [-0.2, -0.15) is 0 Å². The van der Waals surface area contributed by atoms with Crippen LogP contribution in [0.2, 0.25) is 0 Å². The van der Waals surface area contributed by atoms with Gasteiger partial charge < -0.3 is 16.3 Å². The van der Waals surface area contributed by atoms with Crippen molar-refractivity contribution in [2.75, 3.05) is 6.54 Å². The molecule has 1 amide bonds. The quantitative estimate of drug-likeness (QED) is 0.302. The highest BCUT2D eigenvalue weighted by Gasteiger charge is 2.46. The average Bonchev–Trinajstić information content (AvgIpc) is 3.25. The van der Waals surface area contributed by atoms with Crippen LogP contribution in [0.15, 0.2) is 5.16 Å². The number of nitrogens with zero attached hydrogens (tertiary/aromatic N) is 1. The molecule has 0 heterocycles. The maximum Gasteiger partial charge on any atom is 0.233 e. The van der Waals surface area contributed by atoms with Crippen LogP contribution in [0, 0.1) is 10.8 Å². The van der Waals surface area contributed by atoms with Gasteiger partial charge in [-0.25, -0.2) is 0 Å². The summed E-state index contributed by atoms with van der Waals surface area (Å²) in [5.41, 5.74) is 5.38. The fourth-order valence-electron chi connectivity index (χ4n) is 3.51. The molecule has 5 nitrogen and oxygen atoms in total. The lowest BCUT2D eigenvalue weighted by Crippen LogP contribution is -2.51. The molecular weight excluding hydrogens is 254 g/mol. The van der Waals surface area contributed by atoms with Gasteiger partial charge >= 0.3 is 0 Å².